The molecule has 1 aliphatic rings. The van der Waals surface area contributed by atoms with E-state index in [2.05, 4.69) is 36.3 Å². The van der Waals surface area contributed by atoms with Crippen LogP contribution in [0.15, 0.2) is 59.6 Å². The van der Waals surface area contributed by atoms with E-state index in [4.69, 9.17) is 9.47 Å². The minimum atomic E-state index is -0.168. The zero-order valence-electron chi connectivity index (χ0n) is 25.9. The monoisotopic (exact) mass is 660 g/mol. The van der Waals surface area contributed by atoms with Gasteiger partial charge in [-0.2, -0.15) is 0 Å². The number of amides is 1. The molecule has 1 N–H and O–H groups in total. The average molecular weight is 662 g/mol. The van der Waals surface area contributed by atoms with Gasteiger partial charge >= 0.3 is 0 Å². The molecule has 0 unspecified atom stereocenters. The molecule has 5 nitrogen and oxygen atoms in total. The number of nitrogens with one attached hydrogen (secondary N) is 1. The lowest BCUT2D eigenvalue weighted by molar-refractivity contribution is -0.118. The second kappa shape index (κ2) is 22.4. The van der Waals surface area contributed by atoms with Crippen molar-refractivity contribution in [1.29, 1.82) is 0 Å². The van der Waals surface area contributed by atoms with Crippen molar-refractivity contribution in [2.45, 2.75) is 110 Å². The third-order valence-corrected chi connectivity index (χ3v) is 8.47. The number of para-hydroxylation sites is 1. The lowest BCUT2D eigenvalue weighted by Crippen LogP contribution is -2.22. The first-order valence-electron chi connectivity index (χ1n) is 15.9. The van der Waals surface area contributed by atoms with Gasteiger partial charge in [-0.05, 0) is 54.1 Å². The standard InChI is InChI=1S/C35H52N2O3S.BrH/c1-3-4-5-6-7-8-9-10-11-12-13-14-15-18-25-39-32-21-23-33(24-22-32)40-28-35(38)36-34-20-17-16-19-31(34)27-37-26-30(2)41-29-37;/h16-17,19-24,26H,3-15,18,25,27-29H2,1-2H3,(H,36,38);1H. The Hall–Kier alpha value is -2.12. The number of benzene rings is 2. The smallest absolute Gasteiger partial charge is 0.262 e. The van der Waals surface area contributed by atoms with Gasteiger partial charge in [-0.15, -0.1) is 28.7 Å². The van der Waals surface area contributed by atoms with Gasteiger partial charge in [0.15, 0.2) is 6.61 Å². The van der Waals surface area contributed by atoms with E-state index in [9.17, 15) is 4.79 Å². The van der Waals surface area contributed by atoms with Crippen molar-refractivity contribution in [3.05, 3.63) is 65.2 Å². The largest absolute Gasteiger partial charge is 0.494 e. The maximum atomic E-state index is 12.6. The van der Waals surface area contributed by atoms with E-state index < -0.39 is 0 Å². The lowest BCUT2D eigenvalue weighted by Gasteiger charge is -2.18. The van der Waals surface area contributed by atoms with Crippen LogP contribution in [-0.4, -0.2) is 29.9 Å². The van der Waals surface area contributed by atoms with Gasteiger partial charge < -0.3 is 19.7 Å². The first-order chi connectivity index (χ1) is 20.1. The fourth-order valence-electron chi connectivity index (χ4n) is 5.06. The molecule has 2 aromatic carbocycles. The van der Waals surface area contributed by atoms with Crippen LogP contribution in [0.4, 0.5) is 5.69 Å². The summed E-state index contributed by atoms with van der Waals surface area (Å²) in [6.07, 6.45) is 21.2. The van der Waals surface area contributed by atoms with Gasteiger partial charge in [-0.25, -0.2) is 0 Å². The van der Waals surface area contributed by atoms with Gasteiger partial charge in [0, 0.05) is 18.4 Å². The summed E-state index contributed by atoms with van der Waals surface area (Å²) in [6, 6.07) is 15.5. The van der Waals surface area contributed by atoms with Gasteiger partial charge in [0.05, 0.1) is 12.5 Å². The molecule has 0 atom stereocenters. The van der Waals surface area contributed by atoms with Crippen LogP contribution in [0.5, 0.6) is 11.5 Å². The topological polar surface area (TPSA) is 50.8 Å². The number of halogens is 1. The summed E-state index contributed by atoms with van der Waals surface area (Å²) in [7, 11) is 0. The number of allylic oxidation sites excluding steroid dienone is 1. The number of hydrogen-bond donors (Lipinski definition) is 1. The van der Waals surface area contributed by atoms with E-state index in [0.29, 0.717) is 5.75 Å². The molecule has 0 aliphatic carbocycles. The summed E-state index contributed by atoms with van der Waals surface area (Å²) < 4.78 is 11.6. The van der Waals surface area contributed by atoms with Crippen LogP contribution < -0.4 is 14.8 Å². The minimum Gasteiger partial charge on any atom is -0.494 e. The van der Waals surface area contributed by atoms with Gasteiger partial charge in [-0.3, -0.25) is 4.79 Å². The normalized spacial score (nSPS) is 12.5. The second-order valence-electron chi connectivity index (χ2n) is 11.2. The van der Waals surface area contributed by atoms with Crippen molar-refractivity contribution >= 4 is 40.3 Å². The van der Waals surface area contributed by atoms with Crippen LogP contribution in [0.2, 0.25) is 0 Å². The fraction of sp³-hybridized carbons (Fsp3) is 0.571. The Morgan fingerprint density at radius 2 is 1.33 bits per heavy atom. The highest BCUT2D eigenvalue weighted by Crippen LogP contribution is 2.27. The summed E-state index contributed by atoms with van der Waals surface area (Å²) in [6.45, 7) is 5.87. The third kappa shape index (κ3) is 15.4. The molecular weight excluding hydrogens is 608 g/mol. The fourth-order valence-corrected chi connectivity index (χ4v) is 5.82. The lowest BCUT2D eigenvalue weighted by atomic mass is 10.0. The van der Waals surface area contributed by atoms with E-state index >= 15 is 0 Å². The molecule has 0 fully saturated rings. The average Bonchev–Trinajstić information content (AvgIpc) is 3.40. The maximum absolute atomic E-state index is 12.6. The number of hydrogen-bond acceptors (Lipinski definition) is 5. The highest BCUT2D eigenvalue weighted by atomic mass is 79.9. The number of rotatable bonds is 22. The van der Waals surface area contributed by atoms with Crippen LogP contribution >= 0.6 is 28.7 Å². The predicted molar refractivity (Wildman–Crippen MR) is 185 cm³/mol. The zero-order chi connectivity index (χ0) is 29.0. The van der Waals surface area contributed by atoms with Crippen LogP contribution in [0, 0.1) is 0 Å². The quantitative estimate of drug-likeness (QED) is 0.127. The Bertz CT molecular complexity index is 1030. The number of ether oxygens (including phenoxy) is 2. The van der Waals surface area contributed by atoms with E-state index in [1.807, 2.05) is 54.2 Å². The summed E-state index contributed by atoms with van der Waals surface area (Å²) in [4.78, 5) is 16.1. The van der Waals surface area contributed by atoms with Gasteiger partial charge in [0.1, 0.15) is 11.5 Å². The Morgan fingerprint density at radius 1 is 0.786 bits per heavy atom. The predicted octanol–water partition coefficient (Wildman–Crippen LogP) is 10.5. The Morgan fingerprint density at radius 3 is 1.90 bits per heavy atom. The first-order valence-corrected chi connectivity index (χ1v) is 16.9. The molecule has 1 aliphatic heterocycles. The summed E-state index contributed by atoms with van der Waals surface area (Å²) in [5.41, 5.74) is 1.92. The summed E-state index contributed by atoms with van der Waals surface area (Å²) in [5.74, 6) is 2.27. The van der Waals surface area contributed by atoms with Gasteiger partial charge in [-0.1, -0.05) is 109 Å². The first kappa shape index (κ1) is 36.1. The zero-order valence-corrected chi connectivity index (χ0v) is 28.4. The van der Waals surface area contributed by atoms with Crippen molar-refractivity contribution in [3.8, 4) is 11.5 Å². The molecule has 1 amide bonds. The summed E-state index contributed by atoms with van der Waals surface area (Å²) >= 11 is 1.83. The number of nitrogens with zero attached hydrogens (tertiary/aromatic N) is 1. The van der Waals surface area contributed by atoms with Gasteiger partial charge in [0.25, 0.3) is 5.91 Å². The summed E-state index contributed by atoms with van der Waals surface area (Å²) in [5, 5.41) is 3.01. The van der Waals surface area contributed by atoms with Crippen molar-refractivity contribution in [2.24, 2.45) is 0 Å². The molecular formula is C35H53BrN2O3S. The number of thioether (sulfide) groups is 1. The van der Waals surface area contributed by atoms with E-state index in [0.717, 1.165) is 42.4 Å². The van der Waals surface area contributed by atoms with Crippen LogP contribution in [0.25, 0.3) is 0 Å². The molecule has 0 aromatic heterocycles. The van der Waals surface area contributed by atoms with Crippen molar-refractivity contribution in [3.63, 3.8) is 0 Å². The van der Waals surface area contributed by atoms with Crippen molar-refractivity contribution < 1.29 is 14.3 Å². The molecule has 3 rings (SSSR count). The number of unbranched alkanes of at least 4 members (excludes halogenated alkanes) is 13. The number of anilines is 1. The number of carbonyl (C=O) groups is 1. The van der Waals surface area contributed by atoms with Gasteiger partial charge in [0.2, 0.25) is 0 Å². The molecule has 0 saturated carbocycles. The third-order valence-electron chi connectivity index (χ3n) is 7.45. The molecule has 1 heterocycles. The molecule has 0 spiro atoms. The molecule has 0 bridgehead atoms. The highest BCUT2D eigenvalue weighted by molar-refractivity contribution is 8.93. The van der Waals surface area contributed by atoms with E-state index in [1.54, 1.807) is 0 Å². The van der Waals surface area contributed by atoms with E-state index in [-0.39, 0.29) is 29.5 Å². The Labute approximate surface area is 270 Å². The van der Waals surface area contributed by atoms with Crippen LogP contribution in [0.1, 0.15) is 109 Å². The highest BCUT2D eigenvalue weighted by Gasteiger charge is 2.13. The molecule has 2 aromatic rings. The maximum Gasteiger partial charge on any atom is 0.262 e. The van der Waals surface area contributed by atoms with E-state index in [1.165, 1.54) is 88.4 Å². The van der Waals surface area contributed by atoms with Crippen LogP contribution in [0.3, 0.4) is 0 Å². The van der Waals surface area contributed by atoms with Crippen LogP contribution in [-0.2, 0) is 11.3 Å². The Kier molecular flexibility index (Phi) is 19.3. The molecule has 0 saturated heterocycles. The van der Waals surface area contributed by atoms with Crippen molar-refractivity contribution in [2.75, 3.05) is 24.4 Å². The second-order valence-corrected chi connectivity index (χ2v) is 12.4. The minimum absolute atomic E-state index is 0. The molecule has 7 heteroatoms. The molecule has 234 valence electrons. The number of carbonyl (C=O) groups excluding carboxylic acids is 1. The molecule has 42 heavy (non-hydrogen) atoms. The Balaban J connectivity index is 0.00000616. The van der Waals surface area contributed by atoms with Crippen molar-refractivity contribution in [1.82, 2.24) is 4.90 Å². The SMILES string of the molecule is Br.CCCCCCCCCCCCCCCCOc1ccc(OCC(=O)Nc2ccccc2CN2C=C(C)SC2)cc1. The molecule has 0 radical (unpaired) electrons.